The minimum absolute atomic E-state index is 0.540. The number of nitrogens with zero attached hydrogens (tertiary/aromatic N) is 2. The van der Waals surface area contributed by atoms with Gasteiger partial charge in [0, 0.05) is 22.6 Å². The molecule has 5 heteroatoms. The third-order valence-corrected chi connectivity index (χ3v) is 2.49. The Labute approximate surface area is 83.0 Å². The van der Waals surface area contributed by atoms with Crippen LogP contribution in [0.3, 0.4) is 0 Å². The van der Waals surface area contributed by atoms with Crippen LogP contribution in [0, 0.1) is 10.6 Å². The van der Waals surface area contributed by atoms with Gasteiger partial charge in [-0.25, -0.2) is 9.97 Å². The normalized spacial score (nSPS) is 10.8. The molecule has 4 nitrogen and oxygen atoms in total. The fraction of sp³-hybridized carbons (Fsp3) is 0.143. The predicted molar refractivity (Wildman–Crippen MR) is 53.6 cm³/mol. The molecular formula is C7H8IN4+. The number of hydrogen-bond donors (Lipinski definition) is 2. The van der Waals surface area contributed by atoms with E-state index in [-0.39, 0.29) is 0 Å². The quantitative estimate of drug-likeness (QED) is 0.547. The summed E-state index contributed by atoms with van der Waals surface area (Å²) in [5.74, 6) is 0.540. The Morgan fingerprint density at radius 1 is 1.67 bits per heavy atom. The summed E-state index contributed by atoms with van der Waals surface area (Å²) in [7, 11) is 0. The van der Waals surface area contributed by atoms with Crippen LogP contribution in [0.1, 0.15) is 5.69 Å². The van der Waals surface area contributed by atoms with Crippen LogP contribution >= 0.6 is 22.6 Å². The largest absolute Gasteiger partial charge is 0.377 e. The van der Waals surface area contributed by atoms with Gasteiger partial charge in [0.1, 0.15) is 12.4 Å². The molecule has 2 aromatic rings. The SMILES string of the molecule is Cc1c[n+]2c(I)c[nH]c2c(N)n1. The number of nitrogens with one attached hydrogen (secondary N) is 1. The molecule has 0 saturated heterocycles. The van der Waals surface area contributed by atoms with Gasteiger partial charge >= 0.3 is 5.65 Å². The van der Waals surface area contributed by atoms with E-state index in [1.807, 2.05) is 23.7 Å². The number of fused-ring (bicyclic) bond motifs is 1. The van der Waals surface area contributed by atoms with Crippen LogP contribution in [0.4, 0.5) is 5.82 Å². The van der Waals surface area contributed by atoms with Crippen molar-refractivity contribution in [2.75, 3.05) is 5.73 Å². The van der Waals surface area contributed by atoms with Crippen LogP contribution in [-0.4, -0.2) is 9.97 Å². The summed E-state index contributed by atoms with van der Waals surface area (Å²) in [5, 5.41) is 0. The Hall–Kier alpha value is -0.850. The average molecular weight is 275 g/mol. The first-order chi connectivity index (χ1) is 5.68. The van der Waals surface area contributed by atoms with E-state index in [2.05, 4.69) is 32.6 Å². The topological polar surface area (TPSA) is 58.8 Å². The van der Waals surface area contributed by atoms with Crippen LogP contribution in [0.25, 0.3) is 5.65 Å². The fourth-order valence-electron chi connectivity index (χ4n) is 1.16. The van der Waals surface area contributed by atoms with E-state index in [1.165, 1.54) is 0 Å². The van der Waals surface area contributed by atoms with Gasteiger partial charge in [-0.1, -0.05) is 0 Å². The fourth-order valence-corrected chi connectivity index (χ4v) is 1.69. The Bertz CT molecular complexity index is 434. The van der Waals surface area contributed by atoms with E-state index in [4.69, 9.17) is 5.73 Å². The number of anilines is 1. The van der Waals surface area contributed by atoms with Gasteiger partial charge in [0.25, 0.3) is 0 Å². The Morgan fingerprint density at radius 3 is 3.17 bits per heavy atom. The highest BCUT2D eigenvalue weighted by molar-refractivity contribution is 14.1. The van der Waals surface area contributed by atoms with E-state index in [0.717, 1.165) is 15.0 Å². The molecule has 62 valence electrons. The Kier molecular flexibility index (Phi) is 1.67. The van der Waals surface area contributed by atoms with E-state index in [0.29, 0.717) is 5.82 Å². The van der Waals surface area contributed by atoms with Crippen LogP contribution in [0.5, 0.6) is 0 Å². The molecule has 0 aliphatic rings. The zero-order valence-corrected chi connectivity index (χ0v) is 8.66. The molecule has 2 rings (SSSR count). The molecular weight excluding hydrogens is 267 g/mol. The second kappa shape index (κ2) is 2.58. The number of halogens is 1. The lowest BCUT2D eigenvalue weighted by atomic mass is 10.5. The number of nitrogens with two attached hydrogens (primary N) is 1. The molecule has 0 radical (unpaired) electrons. The number of H-pyrrole nitrogens is 1. The van der Waals surface area contributed by atoms with Crippen molar-refractivity contribution in [2.24, 2.45) is 0 Å². The summed E-state index contributed by atoms with van der Waals surface area (Å²) in [4.78, 5) is 7.19. The van der Waals surface area contributed by atoms with Gasteiger partial charge in [0.05, 0.1) is 5.69 Å². The highest BCUT2D eigenvalue weighted by Gasteiger charge is 2.12. The first kappa shape index (κ1) is 7.78. The summed E-state index contributed by atoms with van der Waals surface area (Å²) in [6.45, 7) is 1.92. The molecule has 2 heterocycles. The number of rotatable bonds is 0. The Balaban J connectivity index is 2.92. The molecule has 0 unspecified atom stereocenters. The van der Waals surface area contributed by atoms with E-state index >= 15 is 0 Å². The standard InChI is InChI=1S/C7H7IN4/c1-4-3-12-5(8)2-10-7(12)6(9)11-4/h2-3H,1H3,(H2,9,11)/p+1. The van der Waals surface area contributed by atoms with Crippen LogP contribution in [0.2, 0.25) is 0 Å². The molecule has 12 heavy (non-hydrogen) atoms. The van der Waals surface area contributed by atoms with Crippen molar-refractivity contribution < 1.29 is 4.40 Å². The lowest BCUT2D eigenvalue weighted by Gasteiger charge is -1.93. The molecule has 2 aromatic heterocycles. The van der Waals surface area contributed by atoms with Crippen molar-refractivity contribution in [1.29, 1.82) is 0 Å². The van der Waals surface area contributed by atoms with Crippen LogP contribution < -0.4 is 10.1 Å². The smallest absolute Gasteiger partial charge is 0.328 e. The number of nitrogen functional groups attached to an aromatic ring is 1. The summed E-state index contributed by atoms with van der Waals surface area (Å²) in [6.07, 6.45) is 3.84. The third-order valence-electron chi connectivity index (χ3n) is 1.65. The second-order valence-corrected chi connectivity index (χ2v) is 3.70. The maximum atomic E-state index is 5.70. The van der Waals surface area contributed by atoms with Gasteiger partial charge in [0.15, 0.2) is 0 Å². The monoisotopic (exact) mass is 275 g/mol. The zero-order valence-electron chi connectivity index (χ0n) is 6.50. The van der Waals surface area contributed by atoms with Crippen molar-refractivity contribution in [1.82, 2.24) is 9.97 Å². The van der Waals surface area contributed by atoms with E-state index in [9.17, 15) is 0 Å². The van der Waals surface area contributed by atoms with Crippen molar-refractivity contribution in [2.45, 2.75) is 6.92 Å². The highest BCUT2D eigenvalue weighted by atomic mass is 127. The predicted octanol–water partition coefficient (Wildman–Crippen LogP) is 0.644. The molecule has 0 aliphatic carbocycles. The second-order valence-electron chi connectivity index (χ2n) is 2.60. The summed E-state index contributed by atoms with van der Waals surface area (Å²) >= 11 is 2.24. The van der Waals surface area contributed by atoms with Crippen molar-refractivity contribution in [3.8, 4) is 0 Å². The number of aromatic amines is 1. The molecule has 0 fully saturated rings. The molecule has 0 spiro atoms. The first-order valence-corrected chi connectivity index (χ1v) is 4.58. The molecule has 0 atom stereocenters. The number of aryl methyl sites for hydroxylation is 1. The maximum absolute atomic E-state index is 5.70. The van der Waals surface area contributed by atoms with Crippen molar-refractivity contribution in [3.63, 3.8) is 0 Å². The molecule has 0 amide bonds. The molecule has 0 aliphatic heterocycles. The maximum Gasteiger partial charge on any atom is 0.328 e. The highest BCUT2D eigenvalue weighted by Crippen LogP contribution is 2.06. The first-order valence-electron chi connectivity index (χ1n) is 3.50. The minimum atomic E-state index is 0.540. The van der Waals surface area contributed by atoms with E-state index in [1.54, 1.807) is 0 Å². The summed E-state index contributed by atoms with van der Waals surface area (Å²) in [6, 6.07) is 0. The van der Waals surface area contributed by atoms with Gasteiger partial charge in [-0.3, -0.25) is 0 Å². The van der Waals surface area contributed by atoms with Gasteiger partial charge in [0.2, 0.25) is 9.52 Å². The van der Waals surface area contributed by atoms with Gasteiger partial charge in [-0.15, -0.1) is 0 Å². The van der Waals surface area contributed by atoms with Crippen molar-refractivity contribution >= 4 is 34.1 Å². The van der Waals surface area contributed by atoms with Crippen molar-refractivity contribution in [3.05, 3.63) is 21.8 Å². The molecule has 3 N–H and O–H groups in total. The molecule has 0 aromatic carbocycles. The lowest BCUT2D eigenvalue weighted by molar-refractivity contribution is -0.524. The average Bonchev–Trinajstić information content (AvgIpc) is 2.33. The van der Waals surface area contributed by atoms with Crippen LogP contribution in [-0.2, 0) is 0 Å². The minimum Gasteiger partial charge on any atom is -0.377 e. The van der Waals surface area contributed by atoms with E-state index < -0.39 is 0 Å². The summed E-state index contributed by atoms with van der Waals surface area (Å²) in [5.41, 5.74) is 7.47. The van der Waals surface area contributed by atoms with Gasteiger partial charge < -0.3 is 5.73 Å². The van der Waals surface area contributed by atoms with Crippen LogP contribution in [0.15, 0.2) is 12.4 Å². The third kappa shape index (κ3) is 1.04. The molecule has 0 bridgehead atoms. The number of imidazole rings is 1. The summed E-state index contributed by atoms with van der Waals surface area (Å²) < 4.78 is 3.08. The number of aromatic nitrogens is 3. The molecule has 0 saturated carbocycles. The van der Waals surface area contributed by atoms with Gasteiger partial charge in [-0.2, -0.15) is 4.40 Å². The van der Waals surface area contributed by atoms with Gasteiger partial charge in [-0.05, 0) is 6.92 Å². The zero-order chi connectivity index (χ0) is 8.72. The number of hydrogen-bond acceptors (Lipinski definition) is 2. The lowest BCUT2D eigenvalue weighted by Crippen LogP contribution is -2.24. The Morgan fingerprint density at radius 2 is 2.42 bits per heavy atom.